The maximum Gasteiger partial charge on any atom is 0.258 e. The number of amides is 1. The van der Waals surface area contributed by atoms with Gasteiger partial charge in [-0.2, -0.15) is 5.26 Å². The zero-order valence-electron chi connectivity index (χ0n) is 15.6. The Balaban J connectivity index is 1.12. The highest BCUT2D eigenvalue weighted by Crippen LogP contribution is 2.67. The predicted molar refractivity (Wildman–Crippen MR) is 101 cm³/mol. The molecular weight excluding hydrogens is 397 g/mol. The van der Waals surface area contributed by atoms with E-state index in [2.05, 4.69) is 21.7 Å². The van der Waals surface area contributed by atoms with Gasteiger partial charge in [-0.3, -0.25) is 4.79 Å². The SMILES string of the molecule is N#C[C@H]1C[C@@H](n2cc(C34CC(NC(=O)COc5ccc(Cl)c(F)c5)(C3)C4)nn2)C1. The molecule has 6 rings (SSSR count). The molecule has 7 nitrogen and oxygen atoms in total. The summed E-state index contributed by atoms with van der Waals surface area (Å²) in [5, 5.41) is 20.6. The number of nitriles is 1. The van der Waals surface area contributed by atoms with E-state index in [1.807, 2.05) is 10.9 Å². The summed E-state index contributed by atoms with van der Waals surface area (Å²) in [4.78, 5) is 12.2. The van der Waals surface area contributed by atoms with Crippen molar-refractivity contribution < 1.29 is 13.9 Å². The van der Waals surface area contributed by atoms with E-state index in [-0.39, 0.29) is 46.2 Å². The van der Waals surface area contributed by atoms with Crippen LogP contribution in [0.2, 0.25) is 5.02 Å². The Bertz CT molecular complexity index is 1010. The summed E-state index contributed by atoms with van der Waals surface area (Å²) in [6.07, 6.45) is 6.19. The van der Waals surface area contributed by atoms with Crippen LogP contribution in [0.5, 0.6) is 5.75 Å². The van der Waals surface area contributed by atoms with Crippen molar-refractivity contribution >= 4 is 17.5 Å². The van der Waals surface area contributed by atoms with Crippen LogP contribution in [0.3, 0.4) is 0 Å². The number of halogens is 2. The third-order valence-corrected chi connectivity index (χ3v) is 6.73. The summed E-state index contributed by atoms with van der Waals surface area (Å²) in [7, 11) is 0. The van der Waals surface area contributed by atoms with Gasteiger partial charge in [-0.1, -0.05) is 16.8 Å². The molecule has 4 fully saturated rings. The maximum absolute atomic E-state index is 13.4. The molecule has 1 aromatic heterocycles. The molecule has 0 saturated heterocycles. The lowest BCUT2D eigenvalue weighted by Crippen LogP contribution is -2.77. The van der Waals surface area contributed by atoms with Gasteiger partial charge in [-0.25, -0.2) is 9.07 Å². The zero-order chi connectivity index (χ0) is 20.2. The van der Waals surface area contributed by atoms with Crippen molar-refractivity contribution in [2.24, 2.45) is 5.92 Å². The van der Waals surface area contributed by atoms with Crippen LogP contribution in [0.15, 0.2) is 24.4 Å². The molecule has 1 aromatic carbocycles. The van der Waals surface area contributed by atoms with E-state index in [4.69, 9.17) is 21.6 Å². The third-order valence-electron chi connectivity index (χ3n) is 6.42. The average Bonchev–Trinajstić information content (AvgIpc) is 3.06. The summed E-state index contributed by atoms with van der Waals surface area (Å²) in [6.45, 7) is -0.173. The molecule has 1 amide bonds. The van der Waals surface area contributed by atoms with Crippen molar-refractivity contribution in [1.82, 2.24) is 20.3 Å². The lowest BCUT2D eigenvalue weighted by atomic mass is 9.38. The normalized spacial score (nSPS) is 31.6. The first-order valence-corrected chi connectivity index (χ1v) is 9.99. The van der Waals surface area contributed by atoms with Crippen molar-refractivity contribution in [3.63, 3.8) is 0 Å². The first-order chi connectivity index (χ1) is 13.9. The number of rotatable bonds is 6. The molecule has 0 spiro atoms. The molecule has 29 heavy (non-hydrogen) atoms. The highest BCUT2D eigenvalue weighted by atomic mass is 35.5. The molecule has 1 heterocycles. The van der Waals surface area contributed by atoms with Gasteiger partial charge >= 0.3 is 0 Å². The molecule has 150 valence electrons. The quantitative estimate of drug-likeness (QED) is 0.783. The number of nitrogens with zero attached hydrogens (tertiary/aromatic N) is 4. The van der Waals surface area contributed by atoms with Gasteiger partial charge in [0.1, 0.15) is 11.6 Å². The topological polar surface area (TPSA) is 92.8 Å². The number of benzene rings is 1. The summed E-state index contributed by atoms with van der Waals surface area (Å²) in [5.74, 6) is -0.409. The highest BCUT2D eigenvalue weighted by molar-refractivity contribution is 6.30. The van der Waals surface area contributed by atoms with E-state index in [9.17, 15) is 9.18 Å². The number of hydrogen-bond acceptors (Lipinski definition) is 5. The van der Waals surface area contributed by atoms with Crippen molar-refractivity contribution in [3.8, 4) is 11.8 Å². The van der Waals surface area contributed by atoms with Gasteiger partial charge in [0.05, 0.1) is 28.7 Å². The average molecular weight is 416 g/mol. The standard InChI is InChI=1S/C20H19ClFN5O2/c21-15-2-1-14(5-16(15)22)29-8-18(28)24-20-9-19(10-20,11-20)17-7-27(26-25-17)13-3-12(4-13)6-23/h1-2,5,7,12-13H,3-4,8-11H2,(H,24,28)/t12-,13+,19?,20?. The number of hydrogen-bond donors (Lipinski definition) is 1. The van der Waals surface area contributed by atoms with Crippen LogP contribution < -0.4 is 10.1 Å². The Morgan fingerprint density at radius 3 is 2.86 bits per heavy atom. The fraction of sp³-hybridized carbons (Fsp3) is 0.500. The van der Waals surface area contributed by atoms with E-state index in [0.29, 0.717) is 0 Å². The lowest BCUT2D eigenvalue weighted by molar-refractivity contribution is -0.140. The largest absolute Gasteiger partial charge is 0.484 e. The van der Waals surface area contributed by atoms with Crippen LogP contribution in [0.4, 0.5) is 4.39 Å². The highest BCUT2D eigenvalue weighted by Gasteiger charge is 2.70. The van der Waals surface area contributed by atoms with Crippen LogP contribution in [-0.4, -0.2) is 33.0 Å². The van der Waals surface area contributed by atoms with Crippen molar-refractivity contribution in [2.75, 3.05) is 6.61 Å². The van der Waals surface area contributed by atoms with E-state index in [1.165, 1.54) is 12.1 Å². The molecule has 0 aliphatic heterocycles. The molecule has 0 unspecified atom stereocenters. The monoisotopic (exact) mass is 415 g/mol. The Hall–Kier alpha value is -2.66. The maximum atomic E-state index is 13.4. The van der Waals surface area contributed by atoms with Crippen molar-refractivity contribution in [1.29, 1.82) is 5.26 Å². The Morgan fingerprint density at radius 2 is 2.17 bits per heavy atom. The first kappa shape index (κ1) is 18.4. The fourth-order valence-electron chi connectivity index (χ4n) is 4.85. The van der Waals surface area contributed by atoms with Gasteiger partial charge in [-0.15, -0.1) is 5.10 Å². The molecule has 2 aromatic rings. The fourth-order valence-corrected chi connectivity index (χ4v) is 4.96. The number of aromatic nitrogens is 3. The summed E-state index contributed by atoms with van der Waals surface area (Å²) >= 11 is 5.64. The van der Waals surface area contributed by atoms with Gasteiger partial charge < -0.3 is 10.1 Å². The second-order valence-corrected chi connectivity index (χ2v) is 8.95. The Morgan fingerprint density at radius 1 is 1.41 bits per heavy atom. The lowest BCUT2D eigenvalue weighted by Gasteiger charge is -2.69. The van der Waals surface area contributed by atoms with Gasteiger partial charge in [0.25, 0.3) is 5.91 Å². The zero-order valence-corrected chi connectivity index (χ0v) is 16.3. The Labute approximate surface area is 171 Å². The minimum Gasteiger partial charge on any atom is -0.484 e. The number of nitrogens with one attached hydrogen (secondary N) is 1. The second kappa shape index (κ2) is 6.42. The molecule has 9 heteroatoms. The predicted octanol–water partition coefficient (Wildman–Crippen LogP) is 2.91. The van der Waals surface area contributed by atoms with Crippen LogP contribution in [-0.2, 0) is 10.2 Å². The summed E-state index contributed by atoms with van der Waals surface area (Å²) in [5.41, 5.74) is 0.781. The van der Waals surface area contributed by atoms with Crippen LogP contribution in [0.1, 0.15) is 43.8 Å². The molecule has 0 atom stereocenters. The van der Waals surface area contributed by atoms with E-state index in [1.54, 1.807) is 0 Å². The molecule has 2 bridgehead atoms. The minimum absolute atomic E-state index is 0.00404. The van der Waals surface area contributed by atoms with Gasteiger partial charge in [-0.05, 0) is 44.2 Å². The molecular formula is C20H19ClFN5O2. The third kappa shape index (κ3) is 3.04. The summed E-state index contributed by atoms with van der Waals surface area (Å²) < 4.78 is 20.7. The number of carbonyl (C=O) groups excluding carboxylic acids is 1. The van der Waals surface area contributed by atoms with Gasteiger partial charge in [0.15, 0.2) is 6.61 Å². The second-order valence-electron chi connectivity index (χ2n) is 8.54. The Kier molecular flexibility index (Phi) is 4.07. The number of ether oxygens (including phenoxy) is 1. The van der Waals surface area contributed by atoms with E-state index >= 15 is 0 Å². The van der Waals surface area contributed by atoms with E-state index in [0.717, 1.165) is 43.9 Å². The molecule has 4 aliphatic rings. The first-order valence-electron chi connectivity index (χ1n) is 9.61. The van der Waals surface area contributed by atoms with E-state index < -0.39 is 5.82 Å². The number of carbonyl (C=O) groups is 1. The van der Waals surface area contributed by atoms with Gasteiger partial charge in [0, 0.05) is 23.2 Å². The molecule has 4 aliphatic carbocycles. The minimum atomic E-state index is -0.580. The van der Waals surface area contributed by atoms with Crippen LogP contribution >= 0.6 is 11.6 Å². The summed E-state index contributed by atoms with van der Waals surface area (Å²) in [6, 6.07) is 6.64. The molecule has 4 saturated carbocycles. The van der Waals surface area contributed by atoms with Crippen LogP contribution in [0.25, 0.3) is 0 Å². The molecule has 1 N–H and O–H groups in total. The van der Waals surface area contributed by atoms with Crippen LogP contribution in [0, 0.1) is 23.1 Å². The van der Waals surface area contributed by atoms with Crippen molar-refractivity contribution in [3.05, 3.63) is 40.9 Å². The molecule has 0 radical (unpaired) electrons. The smallest absolute Gasteiger partial charge is 0.258 e. The van der Waals surface area contributed by atoms with Crippen molar-refractivity contribution in [2.45, 2.75) is 49.1 Å². The van der Waals surface area contributed by atoms with Gasteiger partial charge in [0.2, 0.25) is 0 Å².